The predicted molar refractivity (Wildman–Crippen MR) is 81.9 cm³/mol. The SMILES string of the molecule is CC(C)c1ccc(S(=O)Cc2ccc(C(=O)O)s2)cc1. The minimum absolute atomic E-state index is 0.284. The van der Waals surface area contributed by atoms with E-state index in [4.69, 9.17) is 5.11 Å². The fourth-order valence-corrected chi connectivity index (χ4v) is 3.95. The van der Waals surface area contributed by atoms with E-state index in [9.17, 15) is 9.00 Å². The summed E-state index contributed by atoms with van der Waals surface area (Å²) in [6.07, 6.45) is 0. The van der Waals surface area contributed by atoms with Crippen LogP contribution in [0.4, 0.5) is 0 Å². The maximum atomic E-state index is 12.2. The van der Waals surface area contributed by atoms with Crippen molar-refractivity contribution in [3.63, 3.8) is 0 Å². The third-order valence-electron chi connectivity index (χ3n) is 2.96. The van der Waals surface area contributed by atoms with Gasteiger partial charge in [-0.3, -0.25) is 4.21 Å². The van der Waals surface area contributed by atoms with Crippen molar-refractivity contribution in [1.29, 1.82) is 0 Å². The molecule has 0 aliphatic rings. The van der Waals surface area contributed by atoms with Gasteiger partial charge in [-0.05, 0) is 35.7 Å². The van der Waals surface area contributed by atoms with Crippen LogP contribution in [0.25, 0.3) is 0 Å². The zero-order chi connectivity index (χ0) is 14.7. The number of carbonyl (C=O) groups is 1. The number of rotatable bonds is 5. The van der Waals surface area contributed by atoms with E-state index >= 15 is 0 Å². The Bertz CT molecular complexity index is 627. The van der Waals surface area contributed by atoms with Crippen LogP contribution in [-0.2, 0) is 16.6 Å². The Labute approximate surface area is 124 Å². The maximum absolute atomic E-state index is 12.2. The van der Waals surface area contributed by atoms with Crippen LogP contribution in [0.2, 0.25) is 0 Å². The third-order valence-corrected chi connectivity index (χ3v) is 5.58. The van der Waals surface area contributed by atoms with Crippen LogP contribution in [0.3, 0.4) is 0 Å². The minimum atomic E-state index is -1.14. The van der Waals surface area contributed by atoms with Gasteiger partial charge in [0.1, 0.15) is 4.88 Å². The van der Waals surface area contributed by atoms with Crippen molar-refractivity contribution in [3.05, 3.63) is 51.7 Å². The number of carboxylic acids is 1. The maximum Gasteiger partial charge on any atom is 0.345 e. The van der Waals surface area contributed by atoms with Crippen molar-refractivity contribution < 1.29 is 14.1 Å². The van der Waals surface area contributed by atoms with Gasteiger partial charge in [-0.2, -0.15) is 0 Å². The van der Waals surface area contributed by atoms with Gasteiger partial charge >= 0.3 is 5.97 Å². The molecular weight excluding hydrogens is 292 g/mol. The molecule has 2 rings (SSSR count). The lowest BCUT2D eigenvalue weighted by Gasteiger charge is -2.06. The highest BCUT2D eigenvalue weighted by molar-refractivity contribution is 7.84. The molecule has 1 aromatic carbocycles. The summed E-state index contributed by atoms with van der Waals surface area (Å²) in [6.45, 7) is 4.23. The first-order chi connectivity index (χ1) is 9.47. The van der Waals surface area contributed by atoms with E-state index < -0.39 is 16.8 Å². The molecule has 2 aromatic rings. The van der Waals surface area contributed by atoms with E-state index in [0.29, 0.717) is 11.7 Å². The number of benzene rings is 1. The molecule has 0 fully saturated rings. The van der Waals surface area contributed by atoms with Gasteiger partial charge in [-0.15, -0.1) is 11.3 Å². The normalized spacial score (nSPS) is 12.6. The molecule has 0 amide bonds. The second-order valence-electron chi connectivity index (χ2n) is 4.78. The van der Waals surface area contributed by atoms with Crippen molar-refractivity contribution in [3.8, 4) is 0 Å². The van der Waals surface area contributed by atoms with Gasteiger partial charge < -0.3 is 5.11 Å². The van der Waals surface area contributed by atoms with E-state index in [1.807, 2.05) is 24.3 Å². The Kier molecular flexibility index (Phi) is 4.73. The lowest BCUT2D eigenvalue weighted by molar-refractivity contribution is 0.0702. The molecule has 106 valence electrons. The Morgan fingerprint density at radius 2 is 1.85 bits per heavy atom. The highest BCUT2D eigenvalue weighted by atomic mass is 32.2. The molecular formula is C15H16O3S2. The van der Waals surface area contributed by atoms with Crippen LogP contribution in [-0.4, -0.2) is 15.3 Å². The first-order valence-electron chi connectivity index (χ1n) is 6.27. The van der Waals surface area contributed by atoms with Crippen LogP contribution in [0.1, 0.15) is 39.9 Å². The zero-order valence-electron chi connectivity index (χ0n) is 11.3. The monoisotopic (exact) mass is 308 g/mol. The van der Waals surface area contributed by atoms with E-state index in [-0.39, 0.29) is 4.88 Å². The molecule has 0 aliphatic heterocycles. The van der Waals surface area contributed by atoms with Crippen molar-refractivity contribution >= 4 is 28.1 Å². The summed E-state index contributed by atoms with van der Waals surface area (Å²) in [4.78, 5) is 12.7. The van der Waals surface area contributed by atoms with E-state index in [0.717, 1.165) is 9.77 Å². The summed E-state index contributed by atoms with van der Waals surface area (Å²) in [5.41, 5.74) is 1.22. The van der Waals surface area contributed by atoms with Gasteiger partial charge in [0.25, 0.3) is 0 Å². The van der Waals surface area contributed by atoms with Crippen LogP contribution in [0.5, 0.6) is 0 Å². The third kappa shape index (κ3) is 3.55. The molecule has 1 atom stereocenters. The molecule has 0 saturated heterocycles. The quantitative estimate of drug-likeness (QED) is 0.912. The van der Waals surface area contributed by atoms with E-state index in [1.54, 1.807) is 12.1 Å². The summed E-state index contributed by atoms with van der Waals surface area (Å²) in [7, 11) is -1.14. The first-order valence-corrected chi connectivity index (χ1v) is 8.41. The largest absolute Gasteiger partial charge is 0.477 e. The van der Waals surface area contributed by atoms with Crippen LogP contribution >= 0.6 is 11.3 Å². The Morgan fingerprint density at radius 1 is 1.20 bits per heavy atom. The number of aromatic carboxylic acids is 1. The highest BCUT2D eigenvalue weighted by Gasteiger charge is 2.11. The Balaban J connectivity index is 2.09. The van der Waals surface area contributed by atoms with Crippen LogP contribution < -0.4 is 0 Å². The fourth-order valence-electron chi connectivity index (χ4n) is 1.79. The molecule has 0 aliphatic carbocycles. The fraction of sp³-hybridized carbons (Fsp3) is 0.267. The molecule has 1 unspecified atom stereocenters. The van der Waals surface area contributed by atoms with Crippen molar-refractivity contribution in [2.24, 2.45) is 0 Å². The van der Waals surface area contributed by atoms with Crippen molar-refractivity contribution in [1.82, 2.24) is 0 Å². The summed E-state index contributed by atoms with van der Waals surface area (Å²) in [5.74, 6) is -0.125. The summed E-state index contributed by atoms with van der Waals surface area (Å²) in [5, 5.41) is 8.87. The number of hydrogen-bond donors (Lipinski definition) is 1. The second kappa shape index (κ2) is 6.33. The molecule has 1 heterocycles. The van der Waals surface area contributed by atoms with Crippen LogP contribution in [0.15, 0.2) is 41.3 Å². The smallest absolute Gasteiger partial charge is 0.345 e. The summed E-state index contributed by atoms with van der Waals surface area (Å²) >= 11 is 1.18. The molecule has 0 saturated carbocycles. The highest BCUT2D eigenvalue weighted by Crippen LogP contribution is 2.22. The Hall–Kier alpha value is -1.46. The van der Waals surface area contributed by atoms with Gasteiger partial charge in [0.15, 0.2) is 0 Å². The average Bonchev–Trinajstić information content (AvgIpc) is 2.87. The zero-order valence-corrected chi connectivity index (χ0v) is 13.0. The molecule has 5 heteroatoms. The molecule has 0 spiro atoms. The minimum Gasteiger partial charge on any atom is -0.477 e. The summed E-state index contributed by atoms with van der Waals surface area (Å²) < 4.78 is 12.2. The molecule has 0 radical (unpaired) electrons. The number of thiophene rings is 1. The molecule has 3 nitrogen and oxygen atoms in total. The topological polar surface area (TPSA) is 54.4 Å². The van der Waals surface area contributed by atoms with Gasteiger partial charge in [0, 0.05) is 9.77 Å². The number of carboxylic acid groups (broad SMARTS) is 1. The lowest BCUT2D eigenvalue weighted by atomic mass is 10.0. The van der Waals surface area contributed by atoms with Gasteiger partial charge in [-0.1, -0.05) is 26.0 Å². The van der Waals surface area contributed by atoms with Gasteiger partial charge in [-0.25, -0.2) is 4.79 Å². The molecule has 1 aromatic heterocycles. The van der Waals surface area contributed by atoms with E-state index in [2.05, 4.69) is 13.8 Å². The Morgan fingerprint density at radius 3 is 2.35 bits per heavy atom. The van der Waals surface area contributed by atoms with Crippen molar-refractivity contribution in [2.45, 2.75) is 30.4 Å². The molecule has 20 heavy (non-hydrogen) atoms. The summed E-state index contributed by atoms with van der Waals surface area (Å²) in [6, 6.07) is 11.0. The predicted octanol–water partition coefficient (Wildman–Crippen LogP) is 3.88. The van der Waals surface area contributed by atoms with Crippen molar-refractivity contribution in [2.75, 3.05) is 0 Å². The molecule has 0 bridgehead atoms. The number of hydrogen-bond acceptors (Lipinski definition) is 3. The average molecular weight is 308 g/mol. The van der Waals surface area contributed by atoms with E-state index in [1.165, 1.54) is 16.9 Å². The van der Waals surface area contributed by atoms with Crippen LogP contribution in [0, 0.1) is 0 Å². The first kappa shape index (κ1) is 14.9. The second-order valence-corrected chi connectivity index (χ2v) is 7.40. The molecule has 1 N–H and O–H groups in total. The van der Waals surface area contributed by atoms with Gasteiger partial charge in [0.05, 0.1) is 16.6 Å². The lowest BCUT2D eigenvalue weighted by Crippen LogP contribution is -1.96. The standard InChI is InChI=1S/C15H16O3S2/c1-10(2)11-3-6-13(7-4-11)20(18)9-12-5-8-14(19-12)15(16)17/h3-8,10H,9H2,1-2H3,(H,16,17). The van der Waals surface area contributed by atoms with Gasteiger partial charge in [0.2, 0.25) is 0 Å².